The van der Waals surface area contributed by atoms with Gasteiger partial charge in [0.25, 0.3) is 5.91 Å². The molecule has 0 spiro atoms. The number of anilines is 2. The molecule has 2 amide bonds. The minimum Gasteiger partial charge on any atom is -0.308 e. The number of rotatable bonds is 6. The molecular weight excluding hydrogens is 468 g/mol. The van der Waals surface area contributed by atoms with Gasteiger partial charge in [-0.15, -0.1) is 11.3 Å². The van der Waals surface area contributed by atoms with Gasteiger partial charge >= 0.3 is 0 Å². The minimum absolute atomic E-state index is 0.0639. The molecule has 1 saturated heterocycles. The van der Waals surface area contributed by atoms with Crippen molar-refractivity contribution in [3.05, 3.63) is 57.6 Å². The van der Waals surface area contributed by atoms with Crippen LogP contribution in [-0.4, -0.2) is 44.6 Å². The van der Waals surface area contributed by atoms with Crippen LogP contribution in [0.2, 0.25) is 0 Å². The van der Waals surface area contributed by atoms with Gasteiger partial charge in [0.15, 0.2) is 10.9 Å². The molecule has 30 heavy (non-hydrogen) atoms. The highest BCUT2D eigenvalue weighted by Crippen LogP contribution is 2.33. The first-order valence-corrected chi connectivity index (χ1v) is 11.2. The predicted octanol–water partition coefficient (Wildman–Crippen LogP) is 3.67. The Kier molecular flexibility index (Phi) is 6.26. The Hall–Kier alpha value is -2.56. The van der Waals surface area contributed by atoms with Gasteiger partial charge in [-0.05, 0) is 43.7 Å². The van der Waals surface area contributed by atoms with Gasteiger partial charge in [-0.25, -0.2) is 4.98 Å². The van der Waals surface area contributed by atoms with Crippen molar-refractivity contribution in [2.45, 2.75) is 18.9 Å². The van der Waals surface area contributed by atoms with Crippen molar-refractivity contribution in [1.82, 2.24) is 19.7 Å². The van der Waals surface area contributed by atoms with E-state index in [0.29, 0.717) is 16.5 Å². The van der Waals surface area contributed by atoms with Crippen LogP contribution in [0.4, 0.5) is 10.9 Å². The number of benzene rings is 1. The van der Waals surface area contributed by atoms with Crippen LogP contribution in [0.15, 0.2) is 46.4 Å². The average molecular weight is 489 g/mol. The number of likely N-dealkylation sites (tertiary alicyclic amines) is 1. The van der Waals surface area contributed by atoms with Gasteiger partial charge in [0, 0.05) is 34.7 Å². The largest absolute Gasteiger partial charge is 0.308 e. The van der Waals surface area contributed by atoms with Crippen molar-refractivity contribution in [3.63, 3.8) is 0 Å². The van der Waals surface area contributed by atoms with Crippen molar-refractivity contribution in [2.75, 3.05) is 23.7 Å². The fourth-order valence-electron chi connectivity index (χ4n) is 3.47. The third-order valence-electron chi connectivity index (χ3n) is 4.88. The number of aromatic nitrogens is 3. The van der Waals surface area contributed by atoms with Crippen molar-refractivity contribution in [2.24, 2.45) is 7.05 Å². The monoisotopic (exact) mass is 488 g/mol. The highest BCUT2D eigenvalue weighted by Gasteiger charge is 2.29. The Bertz CT molecular complexity index is 1050. The van der Waals surface area contributed by atoms with Gasteiger partial charge in [0.05, 0.1) is 18.3 Å². The molecule has 3 aromatic rings. The summed E-state index contributed by atoms with van der Waals surface area (Å²) in [6, 6.07) is 9.00. The number of hydrogen-bond acceptors (Lipinski definition) is 6. The molecule has 0 aliphatic carbocycles. The van der Waals surface area contributed by atoms with Crippen LogP contribution >= 0.6 is 27.3 Å². The zero-order valence-corrected chi connectivity index (χ0v) is 18.7. The summed E-state index contributed by atoms with van der Waals surface area (Å²) < 4.78 is 2.57. The first-order valence-electron chi connectivity index (χ1n) is 9.54. The second kappa shape index (κ2) is 9.07. The predicted molar refractivity (Wildman–Crippen MR) is 120 cm³/mol. The number of nitrogens with zero attached hydrogens (tertiary/aromatic N) is 4. The first-order chi connectivity index (χ1) is 14.5. The number of carbonyl (C=O) groups excluding carboxylic acids is 2. The zero-order valence-electron chi connectivity index (χ0n) is 16.3. The maximum atomic E-state index is 12.4. The summed E-state index contributed by atoms with van der Waals surface area (Å²) in [7, 11) is 1.81. The molecule has 0 saturated carbocycles. The molecule has 156 valence electrons. The minimum atomic E-state index is -0.193. The Balaban J connectivity index is 1.37. The van der Waals surface area contributed by atoms with Crippen molar-refractivity contribution in [3.8, 4) is 0 Å². The Morgan fingerprint density at radius 2 is 2.03 bits per heavy atom. The number of nitrogens with one attached hydrogen (secondary N) is 2. The number of hydrogen-bond donors (Lipinski definition) is 2. The van der Waals surface area contributed by atoms with Gasteiger partial charge in [-0.1, -0.05) is 15.9 Å². The summed E-state index contributed by atoms with van der Waals surface area (Å²) in [5, 5.41) is 12.4. The number of halogens is 1. The van der Waals surface area contributed by atoms with Crippen molar-refractivity contribution in [1.29, 1.82) is 0 Å². The zero-order chi connectivity index (χ0) is 21.1. The van der Waals surface area contributed by atoms with Gasteiger partial charge in [0.1, 0.15) is 0 Å². The molecule has 10 heteroatoms. The lowest BCUT2D eigenvalue weighted by Crippen LogP contribution is -2.33. The fourth-order valence-corrected chi connectivity index (χ4v) is 4.48. The van der Waals surface area contributed by atoms with Gasteiger partial charge < -0.3 is 5.32 Å². The van der Waals surface area contributed by atoms with Gasteiger partial charge in [-0.3, -0.25) is 24.5 Å². The summed E-state index contributed by atoms with van der Waals surface area (Å²) in [4.78, 5) is 31.5. The fraction of sp³-hybridized carbons (Fsp3) is 0.300. The lowest BCUT2D eigenvalue weighted by atomic mass is 10.2. The second-order valence-corrected chi connectivity index (χ2v) is 8.86. The van der Waals surface area contributed by atoms with Crippen molar-refractivity contribution >= 4 is 50.0 Å². The maximum absolute atomic E-state index is 12.4. The van der Waals surface area contributed by atoms with Crippen LogP contribution in [0, 0.1) is 0 Å². The van der Waals surface area contributed by atoms with E-state index in [1.165, 1.54) is 11.3 Å². The average Bonchev–Trinajstić information content (AvgIpc) is 3.44. The SMILES string of the molecule is Cn1ccc(NC(=O)CN2CCC[C@H]2c2csc(NC(=O)c3ccc(Br)cc3)n2)n1. The van der Waals surface area contributed by atoms with E-state index in [9.17, 15) is 9.59 Å². The molecule has 4 rings (SSSR count). The van der Waals surface area contributed by atoms with E-state index < -0.39 is 0 Å². The van der Waals surface area contributed by atoms with E-state index in [-0.39, 0.29) is 24.4 Å². The molecule has 2 N–H and O–H groups in total. The standard InChI is InChI=1S/C20H21BrN6O2S/c1-26-10-8-17(25-26)23-18(28)11-27-9-2-3-16(27)15-12-30-20(22-15)24-19(29)13-4-6-14(21)7-5-13/h4-8,10,12,16H,2-3,9,11H2,1H3,(H,22,24,29)(H,23,25,28)/t16-/m0/s1. The molecule has 1 aromatic carbocycles. The third kappa shape index (κ3) is 4.94. The lowest BCUT2D eigenvalue weighted by Gasteiger charge is -2.22. The molecule has 8 nitrogen and oxygen atoms in total. The second-order valence-electron chi connectivity index (χ2n) is 7.09. The quantitative estimate of drug-likeness (QED) is 0.552. The highest BCUT2D eigenvalue weighted by atomic mass is 79.9. The molecule has 0 bridgehead atoms. The van der Waals surface area contributed by atoms with Crippen LogP contribution in [0.25, 0.3) is 0 Å². The Morgan fingerprint density at radius 3 is 2.77 bits per heavy atom. The number of aryl methyl sites for hydroxylation is 1. The molecule has 2 aromatic heterocycles. The Morgan fingerprint density at radius 1 is 1.23 bits per heavy atom. The summed E-state index contributed by atoms with van der Waals surface area (Å²) in [6.45, 7) is 1.11. The lowest BCUT2D eigenvalue weighted by molar-refractivity contribution is -0.117. The van der Waals surface area contributed by atoms with Crippen LogP contribution in [0.1, 0.15) is 34.9 Å². The number of thiazole rings is 1. The molecule has 1 atom stereocenters. The summed E-state index contributed by atoms with van der Waals surface area (Å²) >= 11 is 4.76. The molecule has 3 heterocycles. The third-order valence-corrected chi connectivity index (χ3v) is 6.19. The Labute approximate surface area is 186 Å². The summed E-state index contributed by atoms with van der Waals surface area (Å²) in [5.41, 5.74) is 1.46. The number of carbonyl (C=O) groups is 2. The van der Waals surface area contributed by atoms with E-state index in [0.717, 1.165) is 29.6 Å². The molecule has 1 aliphatic heterocycles. The topological polar surface area (TPSA) is 92.2 Å². The van der Waals surface area contributed by atoms with Crippen LogP contribution in [0.5, 0.6) is 0 Å². The van der Waals surface area contributed by atoms with E-state index in [1.54, 1.807) is 29.1 Å². The smallest absolute Gasteiger partial charge is 0.257 e. The normalized spacial score (nSPS) is 16.5. The number of amides is 2. The van der Waals surface area contributed by atoms with Gasteiger partial charge in [-0.2, -0.15) is 5.10 Å². The molecule has 1 fully saturated rings. The van der Waals surface area contributed by atoms with Crippen LogP contribution in [0.3, 0.4) is 0 Å². The summed E-state index contributed by atoms with van der Waals surface area (Å²) in [6.07, 6.45) is 3.72. The van der Waals surface area contributed by atoms with Gasteiger partial charge in [0.2, 0.25) is 5.91 Å². The van der Waals surface area contributed by atoms with Crippen LogP contribution in [-0.2, 0) is 11.8 Å². The molecule has 0 radical (unpaired) electrons. The van der Waals surface area contributed by atoms with E-state index in [1.807, 2.05) is 24.6 Å². The molecular formula is C20H21BrN6O2S. The van der Waals surface area contributed by atoms with Crippen LogP contribution < -0.4 is 10.6 Å². The van der Waals surface area contributed by atoms with E-state index in [4.69, 9.17) is 0 Å². The highest BCUT2D eigenvalue weighted by molar-refractivity contribution is 9.10. The molecule has 1 aliphatic rings. The molecule has 0 unspecified atom stereocenters. The van der Waals surface area contributed by atoms with E-state index in [2.05, 4.69) is 41.5 Å². The summed E-state index contributed by atoms with van der Waals surface area (Å²) in [5.74, 6) is 0.255. The maximum Gasteiger partial charge on any atom is 0.257 e. The first kappa shape index (κ1) is 20.7. The van der Waals surface area contributed by atoms with E-state index >= 15 is 0 Å². The van der Waals surface area contributed by atoms with Crippen molar-refractivity contribution < 1.29 is 9.59 Å².